The third-order valence-corrected chi connectivity index (χ3v) is 15.9. The first-order chi connectivity index (χ1) is 43.1. The molecular weight excluding hydrogens is 1160 g/mol. The fraction of sp³-hybridized carbons (Fsp3) is 0.397. The number of rotatable bonds is 11. The second-order valence-corrected chi connectivity index (χ2v) is 23.1. The van der Waals surface area contributed by atoms with Crippen molar-refractivity contribution in [3.05, 3.63) is 161 Å². The largest absolute Gasteiger partial charge is 0.508 e. The molecule has 7 rings (SSSR count). The maximum Gasteiger partial charge on any atom is 0.330 e. The first-order valence-corrected chi connectivity index (χ1v) is 29.8. The number of cyclic esters (lactones) is 2. The predicted octanol–water partition coefficient (Wildman–Crippen LogP) is 5.63. The number of benzene rings is 5. The molecule has 5 aromatic carbocycles. The zero-order valence-corrected chi connectivity index (χ0v) is 51.9. The van der Waals surface area contributed by atoms with Gasteiger partial charge >= 0.3 is 11.9 Å². The average Bonchev–Trinajstić information content (AvgIpc) is 1.14. The van der Waals surface area contributed by atoms with Gasteiger partial charge in [0, 0.05) is 59.6 Å². The number of esters is 2. The van der Waals surface area contributed by atoms with Gasteiger partial charge in [-0.05, 0) is 111 Å². The highest BCUT2D eigenvalue weighted by molar-refractivity contribution is 6.38. The Labute approximate surface area is 524 Å². The van der Waals surface area contributed by atoms with Crippen molar-refractivity contribution in [1.29, 1.82) is 0 Å². The van der Waals surface area contributed by atoms with Crippen molar-refractivity contribution in [2.24, 2.45) is 5.41 Å². The van der Waals surface area contributed by atoms with Crippen molar-refractivity contribution >= 4 is 53.2 Å². The van der Waals surface area contributed by atoms with Crippen LogP contribution in [0.5, 0.6) is 28.7 Å². The number of Topliss-reactive ketones (excluding diaryl/α,β-unsaturated/α-hetero) is 1. The summed E-state index contributed by atoms with van der Waals surface area (Å²) in [7, 11) is 7.15. The third kappa shape index (κ3) is 18.4. The van der Waals surface area contributed by atoms with Gasteiger partial charge in [0.25, 0.3) is 11.8 Å². The minimum Gasteiger partial charge on any atom is -0.508 e. The van der Waals surface area contributed by atoms with Gasteiger partial charge in [-0.1, -0.05) is 97.1 Å². The van der Waals surface area contributed by atoms with Gasteiger partial charge in [-0.2, -0.15) is 0 Å². The van der Waals surface area contributed by atoms with Crippen molar-refractivity contribution in [2.45, 2.75) is 102 Å². The van der Waals surface area contributed by atoms with Crippen LogP contribution in [0.4, 0.5) is 0 Å². The summed E-state index contributed by atoms with van der Waals surface area (Å²) in [5, 5.41) is 27.1. The smallest absolute Gasteiger partial charge is 0.330 e. The molecule has 90 heavy (non-hydrogen) atoms. The zero-order valence-electron chi connectivity index (χ0n) is 51.9. The maximum atomic E-state index is 14.9. The molecule has 1 saturated heterocycles. The van der Waals surface area contributed by atoms with Gasteiger partial charge < -0.3 is 64.1 Å². The van der Waals surface area contributed by atoms with Crippen LogP contribution in [0.2, 0.25) is 0 Å². The number of carbonyl (C=O) groups excluding carboxylic acids is 9. The highest BCUT2D eigenvalue weighted by Crippen LogP contribution is 2.40. The standard InChI is InChI=1S/C68H80N6O16/c1-68(2)43-89-59(78)26-15-16-35-71(3)64(82)51(37-44-19-10-8-11-20-44)69-57(76)41-72(4)65(83)52(38-45-21-12-9-13-22-45)70-63(81)54(39-46-27-31-49(75)32-28-46)73(5)58(77)42-88-50-24-18-23-48(40-50)55(33-29-47-30-34-56(86-6)61(87-7)60(47)79)90-67(85)53-25-14-17-36-74(53)66(84)62(68)80/h8-13,15,18-24,26-28,30-32,34,40,51-55,75,79H,14,16-17,25,29,33,35-39,41-43H2,1-7H3,(H,69,76)(H,70,81)/b26-15+/t51-,52-,53+,54+,55-/m1/s1. The number of aromatic hydroxyl groups is 2. The van der Waals surface area contributed by atoms with Crippen molar-refractivity contribution in [3.8, 4) is 28.7 Å². The fourth-order valence-corrected chi connectivity index (χ4v) is 10.6. The second kappa shape index (κ2) is 32.0. The number of nitrogens with zero attached hydrogens (tertiary/aromatic N) is 4. The number of aryl methyl sites for hydroxylation is 1. The lowest BCUT2D eigenvalue weighted by Gasteiger charge is -2.36. The van der Waals surface area contributed by atoms with Crippen LogP contribution in [0, 0.1) is 5.41 Å². The summed E-state index contributed by atoms with van der Waals surface area (Å²) < 4.78 is 28.7. The normalized spacial score (nSPS) is 21.4. The number of nitrogens with one attached hydrogen (secondary N) is 2. The summed E-state index contributed by atoms with van der Waals surface area (Å²) in [6, 6.07) is 28.8. The van der Waals surface area contributed by atoms with Gasteiger partial charge in [-0.25, -0.2) is 9.59 Å². The van der Waals surface area contributed by atoms with Crippen LogP contribution in [0.1, 0.15) is 79.9 Å². The molecule has 0 radical (unpaired) electrons. The van der Waals surface area contributed by atoms with Crippen LogP contribution < -0.4 is 24.8 Å². The summed E-state index contributed by atoms with van der Waals surface area (Å²) in [5.74, 6) is -6.40. The molecule has 22 heteroatoms. The average molecular weight is 1240 g/mol. The Balaban J connectivity index is 1.22. The summed E-state index contributed by atoms with van der Waals surface area (Å²) in [6.07, 6.45) is 3.04. The number of hydrogen-bond acceptors (Lipinski definition) is 16. The van der Waals surface area contributed by atoms with Gasteiger partial charge in [0.05, 0.1) is 26.2 Å². The molecule has 4 N–H and O–H groups in total. The molecule has 0 spiro atoms. The lowest BCUT2D eigenvalue weighted by atomic mass is 9.87. The van der Waals surface area contributed by atoms with Crippen molar-refractivity contribution in [2.75, 3.05) is 68.2 Å². The van der Waals surface area contributed by atoms with Crippen LogP contribution in [0.25, 0.3) is 0 Å². The predicted molar refractivity (Wildman–Crippen MR) is 331 cm³/mol. The topological polar surface area (TPSA) is 277 Å². The molecule has 0 unspecified atom stereocenters. The number of methoxy groups -OCH3 is 2. The van der Waals surface area contributed by atoms with Crippen molar-refractivity contribution in [3.63, 3.8) is 0 Å². The number of hydrogen-bond donors (Lipinski definition) is 4. The Morgan fingerprint density at radius 3 is 1.98 bits per heavy atom. The SMILES string of the molecule is COc1ccc(CC[C@H]2OC(=O)[C@@H]3CCCCN3C(=O)C(=O)C(C)(C)COC(=O)/C=C/CCN(C)C(=O)[C@@H](Cc3ccccc3)NC(=O)CN(C)C(=O)[C@@H](Cc3ccccc3)NC(=O)[C@H](Cc3ccc(O)cc3)N(C)C(=O)COc3cccc2c3)c(O)c1OC. The van der Waals surface area contributed by atoms with E-state index in [1.807, 2.05) is 6.07 Å². The van der Waals surface area contributed by atoms with Gasteiger partial charge in [-0.3, -0.25) is 33.6 Å². The van der Waals surface area contributed by atoms with E-state index in [4.69, 9.17) is 23.7 Å². The monoisotopic (exact) mass is 1240 g/mol. The summed E-state index contributed by atoms with van der Waals surface area (Å²) >= 11 is 0. The highest BCUT2D eigenvalue weighted by atomic mass is 16.5. The van der Waals surface area contributed by atoms with E-state index in [-0.39, 0.29) is 86.8 Å². The van der Waals surface area contributed by atoms with Crippen LogP contribution in [-0.2, 0) is 78.3 Å². The third-order valence-electron chi connectivity index (χ3n) is 15.9. The number of carbonyl (C=O) groups is 9. The number of likely N-dealkylation sites (N-methyl/N-ethyl adjacent to an activating group) is 3. The van der Waals surface area contributed by atoms with Crippen LogP contribution in [0.3, 0.4) is 0 Å². The molecule has 2 heterocycles. The number of amides is 6. The molecule has 2 aliphatic rings. The fourth-order valence-electron chi connectivity index (χ4n) is 10.6. The number of ether oxygens (including phenoxy) is 5. The summed E-state index contributed by atoms with van der Waals surface area (Å²) in [5.41, 5.74) is 1.24. The zero-order chi connectivity index (χ0) is 65.1. The Morgan fingerprint density at radius 1 is 0.678 bits per heavy atom. The Hall–Kier alpha value is -9.73. The number of piperidine rings is 1. The number of phenolic OH excluding ortho intramolecular Hbond substituents is 2. The van der Waals surface area contributed by atoms with E-state index in [2.05, 4.69) is 10.6 Å². The molecule has 2 bridgehead atoms. The molecule has 2 aliphatic heterocycles. The molecule has 5 atom stereocenters. The molecule has 0 aliphatic carbocycles. The van der Waals surface area contributed by atoms with E-state index in [0.29, 0.717) is 35.1 Å². The van der Waals surface area contributed by atoms with Gasteiger partial charge in [0.15, 0.2) is 18.1 Å². The Bertz CT molecular complexity index is 3380. The van der Waals surface area contributed by atoms with Gasteiger partial charge in [-0.15, -0.1) is 0 Å². The number of fused-ring (bicyclic) bond motifs is 3. The first kappa shape index (κ1) is 67.8. The number of ketones is 1. The lowest BCUT2D eigenvalue weighted by molar-refractivity contribution is -0.165. The van der Waals surface area contributed by atoms with Crippen molar-refractivity contribution in [1.82, 2.24) is 30.2 Å². The van der Waals surface area contributed by atoms with Crippen LogP contribution in [-0.4, -0.2) is 175 Å². The molecule has 0 saturated carbocycles. The van der Waals surface area contributed by atoms with Crippen molar-refractivity contribution < 1.29 is 77.0 Å². The Morgan fingerprint density at radius 2 is 1.32 bits per heavy atom. The van der Waals surface area contributed by atoms with E-state index < -0.39 is 109 Å². The summed E-state index contributed by atoms with van der Waals surface area (Å²) in [6.45, 7) is 1.42. The minimum atomic E-state index is -1.54. The Kier molecular flexibility index (Phi) is 24.1. The second-order valence-electron chi connectivity index (χ2n) is 23.1. The lowest BCUT2D eigenvalue weighted by Crippen LogP contribution is -2.57. The highest BCUT2D eigenvalue weighted by Gasteiger charge is 2.43. The molecule has 22 nitrogen and oxygen atoms in total. The van der Waals surface area contributed by atoms with E-state index >= 15 is 0 Å². The molecule has 6 amide bonds. The summed E-state index contributed by atoms with van der Waals surface area (Å²) in [4.78, 5) is 133. The van der Waals surface area contributed by atoms with E-state index in [1.54, 1.807) is 103 Å². The molecule has 478 valence electrons. The molecule has 1 fully saturated rings. The van der Waals surface area contributed by atoms with E-state index in [9.17, 15) is 53.4 Å². The van der Waals surface area contributed by atoms with Crippen LogP contribution >= 0.6 is 0 Å². The molecule has 0 aromatic heterocycles. The van der Waals surface area contributed by atoms with Gasteiger partial charge in [0.2, 0.25) is 35.2 Å². The minimum absolute atomic E-state index is 0.0209. The quantitative estimate of drug-likeness (QED) is 0.0921. The van der Waals surface area contributed by atoms with E-state index in [0.717, 1.165) is 16.5 Å². The molecule has 5 aromatic rings. The first-order valence-electron chi connectivity index (χ1n) is 29.8. The molecular formula is C68H80N6O16. The maximum absolute atomic E-state index is 14.9. The van der Waals surface area contributed by atoms with E-state index in [1.165, 1.54) is 82.1 Å². The van der Waals surface area contributed by atoms with Crippen LogP contribution in [0.15, 0.2) is 133 Å². The van der Waals surface area contributed by atoms with Gasteiger partial charge in [0.1, 0.15) is 48.4 Å². The number of phenols is 2.